The lowest BCUT2D eigenvalue weighted by atomic mass is 10.2. The molecule has 1 amide bonds. The maximum Gasteiger partial charge on any atom is 0.246 e. The first-order valence-corrected chi connectivity index (χ1v) is 10.8. The summed E-state index contributed by atoms with van der Waals surface area (Å²) in [7, 11) is -3.99. The molecule has 156 valence electrons. The zero-order valence-electron chi connectivity index (χ0n) is 15.7. The third-order valence-electron chi connectivity index (χ3n) is 4.51. The molecule has 7 nitrogen and oxygen atoms in total. The zero-order valence-corrected chi connectivity index (χ0v) is 17.3. The van der Waals surface area contributed by atoms with Crippen molar-refractivity contribution in [2.45, 2.75) is 11.8 Å². The van der Waals surface area contributed by atoms with Crippen molar-refractivity contribution in [2.24, 2.45) is 0 Å². The summed E-state index contributed by atoms with van der Waals surface area (Å²) >= 11 is 6.04. The Labute approximate surface area is 173 Å². The number of nitrogens with one attached hydrogen (secondary N) is 2. The first-order valence-electron chi connectivity index (χ1n) is 8.95. The molecule has 3 rings (SSSR count). The van der Waals surface area contributed by atoms with Crippen LogP contribution in [-0.2, 0) is 19.6 Å². The molecule has 0 saturated carbocycles. The van der Waals surface area contributed by atoms with E-state index in [9.17, 15) is 17.6 Å². The summed E-state index contributed by atoms with van der Waals surface area (Å²) in [5.74, 6) is -1.20. The summed E-state index contributed by atoms with van der Waals surface area (Å²) in [5, 5.41) is 6.09. The van der Waals surface area contributed by atoms with Gasteiger partial charge in [0.2, 0.25) is 15.9 Å². The molecule has 0 bridgehead atoms. The summed E-state index contributed by atoms with van der Waals surface area (Å²) in [5.41, 5.74) is 1.64. The van der Waals surface area contributed by atoms with Gasteiger partial charge in [-0.1, -0.05) is 17.7 Å². The highest BCUT2D eigenvalue weighted by Crippen LogP contribution is 2.25. The summed E-state index contributed by atoms with van der Waals surface area (Å²) in [6.45, 7) is 2.52. The van der Waals surface area contributed by atoms with Crippen LogP contribution < -0.4 is 10.6 Å². The number of anilines is 2. The van der Waals surface area contributed by atoms with E-state index >= 15 is 0 Å². The van der Waals surface area contributed by atoms with Gasteiger partial charge in [-0.3, -0.25) is 4.79 Å². The van der Waals surface area contributed by atoms with Gasteiger partial charge in [-0.05, 0) is 42.8 Å². The van der Waals surface area contributed by atoms with Gasteiger partial charge in [0.05, 0.1) is 19.8 Å². The summed E-state index contributed by atoms with van der Waals surface area (Å²) < 4.78 is 46.0. The lowest BCUT2D eigenvalue weighted by molar-refractivity contribution is -0.114. The summed E-state index contributed by atoms with van der Waals surface area (Å²) in [6.07, 6.45) is 0. The van der Waals surface area contributed by atoms with Crippen molar-refractivity contribution < 1.29 is 22.3 Å². The Kier molecular flexibility index (Phi) is 6.74. The predicted octanol–water partition coefficient (Wildman–Crippen LogP) is 2.86. The molecule has 1 aliphatic rings. The van der Waals surface area contributed by atoms with Crippen LogP contribution in [0.5, 0.6) is 0 Å². The first-order chi connectivity index (χ1) is 13.8. The maximum absolute atomic E-state index is 14.2. The molecule has 29 heavy (non-hydrogen) atoms. The second-order valence-electron chi connectivity index (χ2n) is 6.48. The number of halogens is 2. The van der Waals surface area contributed by atoms with Crippen molar-refractivity contribution in [3.05, 3.63) is 52.8 Å². The van der Waals surface area contributed by atoms with E-state index in [1.165, 1.54) is 16.4 Å². The molecule has 0 aromatic heterocycles. The van der Waals surface area contributed by atoms with E-state index in [2.05, 4.69) is 10.6 Å². The molecule has 1 heterocycles. The third kappa shape index (κ3) is 5.05. The molecule has 0 spiro atoms. The maximum atomic E-state index is 14.2. The van der Waals surface area contributed by atoms with Crippen LogP contribution >= 0.6 is 11.6 Å². The van der Waals surface area contributed by atoms with Gasteiger partial charge in [-0.25, -0.2) is 12.8 Å². The Bertz CT molecular complexity index is 1010. The van der Waals surface area contributed by atoms with Crippen molar-refractivity contribution in [1.29, 1.82) is 0 Å². The number of hydrogen-bond acceptors (Lipinski definition) is 5. The zero-order chi connectivity index (χ0) is 21.0. The number of hydrogen-bond donors (Lipinski definition) is 2. The molecule has 0 aliphatic carbocycles. The van der Waals surface area contributed by atoms with E-state index in [4.69, 9.17) is 16.3 Å². The minimum Gasteiger partial charge on any atom is -0.379 e. The fourth-order valence-corrected chi connectivity index (χ4v) is 4.53. The largest absolute Gasteiger partial charge is 0.379 e. The molecule has 1 aliphatic heterocycles. The number of benzene rings is 2. The molecule has 0 atom stereocenters. The Morgan fingerprint density at radius 3 is 2.69 bits per heavy atom. The van der Waals surface area contributed by atoms with Crippen LogP contribution in [0.3, 0.4) is 0 Å². The molecular formula is C19H21ClFN3O4S. The molecule has 0 radical (unpaired) electrons. The lowest BCUT2D eigenvalue weighted by Gasteiger charge is -2.26. The number of morpholine rings is 1. The standard InChI is InChI=1S/C19H21ClFN3O4S/c1-13-15(20)3-2-4-17(13)23-19(25)12-22-14-5-6-16(21)18(11-14)29(26,27)24-7-9-28-10-8-24/h2-6,11,22H,7-10,12H2,1H3,(H,23,25). The fourth-order valence-electron chi connectivity index (χ4n) is 2.86. The monoisotopic (exact) mass is 441 g/mol. The number of rotatable bonds is 6. The molecular weight excluding hydrogens is 421 g/mol. The second kappa shape index (κ2) is 9.08. The van der Waals surface area contributed by atoms with Crippen LogP contribution in [0.1, 0.15) is 5.56 Å². The minimum absolute atomic E-state index is 0.130. The Morgan fingerprint density at radius 1 is 1.24 bits per heavy atom. The average Bonchev–Trinajstić information content (AvgIpc) is 2.71. The summed E-state index contributed by atoms with van der Waals surface area (Å²) in [4.78, 5) is 11.8. The number of amides is 1. The molecule has 2 aromatic carbocycles. The Balaban J connectivity index is 1.69. The highest BCUT2D eigenvalue weighted by atomic mass is 35.5. The van der Waals surface area contributed by atoms with Crippen molar-refractivity contribution >= 4 is 38.9 Å². The Morgan fingerprint density at radius 2 is 1.97 bits per heavy atom. The van der Waals surface area contributed by atoms with Gasteiger partial charge in [0, 0.05) is 29.5 Å². The van der Waals surface area contributed by atoms with Gasteiger partial charge >= 0.3 is 0 Å². The molecule has 2 N–H and O–H groups in total. The average molecular weight is 442 g/mol. The number of carbonyl (C=O) groups is 1. The van der Waals surface area contributed by atoms with Crippen LogP contribution in [0.2, 0.25) is 5.02 Å². The molecule has 1 fully saturated rings. The van der Waals surface area contributed by atoms with Crippen molar-refractivity contribution in [1.82, 2.24) is 4.31 Å². The van der Waals surface area contributed by atoms with Crippen LogP contribution in [0, 0.1) is 12.7 Å². The second-order valence-corrected chi connectivity index (χ2v) is 8.79. The first kappa shape index (κ1) is 21.5. The van der Waals surface area contributed by atoms with Gasteiger partial charge in [-0.2, -0.15) is 4.31 Å². The quantitative estimate of drug-likeness (QED) is 0.719. The van der Waals surface area contributed by atoms with Gasteiger partial charge < -0.3 is 15.4 Å². The highest BCUT2D eigenvalue weighted by Gasteiger charge is 2.29. The molecule has 10 heteroatoms. The van der Waals surface area contributed by atoms with E-state index in [1.54, 1.807) is 25.1 Å². The molecule has 0 unspecified atom stereocenters. The number of carbonyl (C=O) groups excluding carboxylic acids is 1. The predicted molar refractivity (Wildman–Crippen MR) is 109 cm³/mol. The smallest absolute Gasteiger partial charge is 0.246 e. The molecule has 1 saturated heterocycles. The van der Waals surface area contributed by atoms with E-state index < -0.39 is 20.7 Å². The fraction of sp³-hybridized carbons (Fsp3) is 0.316. The van der Waals surface area contributed by atoms with E-state index in [-0.39, 0.29) is 38.8 Å². The summed E-state index contributed by atoms with van der Waals surface area (Å²) in [6, 6.07) is 8.81. The lowest BCUT2D eigenvalue weighted by Crippen LogP contribution is -2.40. The van der Waals surface area contributed by atoms with Crippen molar-refractivity contribution in [2.75, 3.05) is 43.5 Å². The number of ether oxygens (including phenoxy) is 1. The SMILES string of the molecule is Cc1c(Cl)cccc1NC(=O)CNc1ccc(F)c(S(=O)(=O)N2CCOCC2)c1. The minimum atomic E-state index is -3.99. The normalized spacial score (nSPS) is 15.1. The van der Waals surface area contributed by atoms with Crippen molar-refractivity contribution in [3.63, 3.8) is 0 Å². The van der Waals surface area contributed by atoms with Gasteiger partial charge in [0.15, 0.2) is 0 Å². The Hall–Kier alpha value is -2.20. The van der Waals surface area contributed by atoms with Crippen LogP contribution in [0.25, 0.3) is 0 Å². The van der Waals surface area contributed by atoms with Crippen LogP contribution in [0.15, 0.2) is 41.3 Å². The van der Waals surface area contributed by atoms with Gasteiger partial charge in [0.25, 0.3) is 0 Å². The van der Waals surface area contributed by atoms with Gasteiger partial charge in [0.1, 0.15) is 10.7 Å². The third-order valence-corrected chi connectivity index (χ3v) is 6.84. The topological polar surface area (TPSA) is 87.7 Å². The van der Waals surface area contributed by atoms with Crippen molar-refractivity contribution in [3.8, 4) is 0 Å². The van der Waals surface area contributed by atoms with E-state index in [0.29, 0.717) is 16.4 Å². The van der Waals surface area contributed by atoms with E-state index in [1.807, 2.05) is 0 Å². The van der Waals surface area contributed by atoms with Crippen LogP contribution in [-0.4, -0.2) is 51.5 Å². The molecule has 2 aromatic rings. The van der Waals surface area contributed by atoms with E-state index in [0.717, 1.165) is 11.6 Å². The highest BCUT2D eigenvalue weighted by molar-refractivity contribution is 7.89. The number of sulfonamides is 1. The number of nitrogens with zero attached hydrogens (tertiary/aromatic N) is 1. The van der Waals surface area contributed by atoms with Crippen LogP contribution in [0.4, 0.5) is 15.8 Å². The van der Waals surface area contributed by atoms with Gasteiger partial charge in [-0.15, -0.1) is 0 Å².